The number of likely N-dealkylation sites (tertiary alicyclic amines) is 2. The van der Waals surface area contributed by atoms with Crippen LogP contribution in [0.3, 0.4) is 0 Å². The van der Waals surface area contributed by atoms with Crippen molar-refractivity contribution in [1.82, 2.24) is 41.0 Å². The standard InChI is InChI=1S/C33H54N12O9/c1-18(2)12-22(32(53)54)43-29(50)24-7-4-10-44(24)31(52)25-8-5-11-45(25)30(51)21(13-19-15-37-17-39-19)42-27(48)20(6-3-9-38-33(35)36)41-28(49)23(16-46)40-26(47)14-34/h15,17-18,20-25,46H,3-14,16,34H2,1-2H3,(H,37,39)(H,40,47)(H,41,49)(H,42,48)(H,43,50)(H,53,54)(H4,35,36,38)/t20-,21-,22-,23-,24-,25-/m0/s1. The first-order valence-corrected chi connectivity index (χ1v) is 18.0. The number of aliphatic imine (C=N–C) groups is 1. The van der Waals surface area contributed by atoms with Crippen LogP contribution >= 0.6 is 0 Å². The molecular weight excluding hydrogens is 708 g/mol. The van der Waals surface area contributed by atoms with Crippen LogP contribution in [0, 0.1) is 5.92 Å². The first-order chi connectivity index (χ1) is 25.7. The first-order valence-electron chi connectivity index (χ1n) is 18.0. The molecule has 54 heavy (non-hydrogen) atoms. The molecule has 0 aliphatic carbocycles. The number of rotatable bonds is 20. The SMILES string of the molecule is CC(C)C[C@H](NC(=O)[C@@H]1CCCN1C(=O)[C@@H]1CCCN1C(=O)[C@H](Cc1cnc[nH]1)NC(=O)[C@H](CCCN=C(N)N)NC(=O)[C@H](CO)NC(=O)CN)C(=O)O. The Bertz CT molecular complexity index is 1500. The number of carboxylic acids is 1. The highest BCUT2D eigenvalue weighted by Crippen LogP contribution is 2.26. The van der Waals surface area contributed by atoms with Crippen LogP contribution in [0.4, 0.5) is 0 Å². The van der Waals surface area contributed by atoms with Crippen molar-refractivity contribution in [3.63, 3.8) is 0 Å². The number of carboxylic acid groups (broad SMARTS) is 1. The molecule has 0 unspecified atom stereocenters. The van der Waals surface area contributed by atoms with Crippen LogP contribution in [0.1, 0.15) is 64.5 Å². The third-order valence-corrected chi connectivity index (χ3v) is 9.17. The highest BCUT2D eigenvalue weighted by Gasteiger charge is 2.44. The molecule has 2 aliphatic heterocycles. The Morgan fingerprint density at radius 2 is 1.57 bits per heavy atom. The van der Waals surface area contributed by atoms with Gasteiger partial charge in [0.15, 0.2) is 5.96 Å². The highest BCUT2D eigenvalue weighted by molar-refractivity contribution is 5.97. The largest absolute Gasteiger partial charge is 0.480 e. The van der Waals surface area contributed by atoms with Crippen molar-refractivity contribution in [2.75, 3.05) is 32.8 Å². The number of aliphatic hydroxyl groups is 1. The van der Waals surface area contributed by atoms with Gasteiger partial charge in [-0.15, -0.1) is 0 Å². The van der Waals surface area contributed by atoms with Gasteiger partial charge in [0, 0.05) is 37.9 Å². The predicted molar refractivity (Wildman–Crippen MR) is 193 cm³/mol. The second-order valence-electron chi connectivity index (χ2n) is 13.8. The van der Waals surface area contributed by atoms with Crippen molar-refractivity contribution in [3.05, 3.63) is 18.2 Å². The van der Waals surface area contributed by atoms with Crippen molar-refractivity contribution in [1.29, 1.82) is 0 Å². The summed E-state index contributed by atoms with van der Waals surface area (Å²) in [6.45, 7) is 2.97. The van der Waals surface area contributed by atoms with Crippen LogP contribution in [-0.4, -0.2) is 146 Å². The summed E-state index contributed by atoms with van der Waals surface area (Å²) in [6, 6.07) is -6.94. The third-order valence-electron chi connectivity index (χ3n) is 9.17. The van der Waals surface area contributed by atoms with Crippen molar-refractivity contribution in [2.24, 2.45) is 28.1 Å². The van der Waals surface area contributed by atoms with E-state index in [2.05, 4.69) is 36.2 Å². The number of carbonyl (C=O) groups excluding carboxylic acids is 6. The van der Waals surface area contributed by atoms with Gasteiger partial charge in [0.25, 0.3) is 0 Å². The van der Waals surface area contributed by atoms with E-state index in [0.29, 0.717) is 31.4 Å². The number of aliphatic hydroxyl groups excluding tert-OH is 1. The van der Waals surface area contributed by atoms with Crippen molar-refractivity contribution in [2.45, 2.75) is 101 Å². The molecule has 1 aromatic heterocycles. The summed E-state index contributed by atoms with van der Waals surface area (Å²) in [6.07, 6.45) is 4.82. The lowest BCUT2D eigenvalue weighted by molar-refractivity contribution is -0.149. The summed E-state index contributed by atoms with van der Waals surface area (Å²) in [5.41, 5.74) is 16.6. The third kappa shape index (κ3) is 12.4. The van der Waals surface area contributed by atoms with E-state index in [0.717, 1.165) is 0 Å². The Morgan fingerprint density at radius 3 is 2.17 bits per heavy atom. The normalized spacial score (nSPS) is 19.0. The fraction of sp³-hybridized carbons (Fsp3) is 0.667. The minimum absolute atomic E-state index is 0.00122. The quantitative estimate of drug-likeness (QED) is 0.0345. The molecule has 21 nitrogen and oxygen atoms in total. The number of aliphatic carboxylic acids is 1. The predicted octanol–water partition coefficient (Wildman–Crippen LogP) is -3.99. The van der Waals surface area contributed by atoms with E-state index in [9.17, 15) is 43.8 Å². The fourth-order valence-corrected chi connectivity index (χ4v) is 6.52. The van der Waals surface area contributed by atoms with Crippen LogP contribution in [-0.2, 0) is 40.0 Å². The average Bonchev–Trinajstić information content (AvgIpc) is 3.93. The van der Waals surface area contributed by atoms with Crippen molar-refractivity contribution in [3.8, 4) is 0 Å². The van der Waals surface area contributed by atoms with Gasteiger partial charge in [-0.05, 0) is 50.9 Å². The van der Waals surface area contributed by atoms with Gasteiger partial charge < -0.3 is 63.5 Å². The minimum Gasteiger partial charge on any atom is -0.480 e. The number of nitrogens with zero attached hydrogens (tertiary/aromatic N) is 4. The van der Waals surface area contributed by atoms with Gasteiger partial charge in [-0.1, -0.05) is 13.8 Å². The van der Waals surface area contributed by atoms with E-state index < -0.39 is 90.8 Å². The zero-order chi connectivity index (χ0) is 39.9. The number of H-pyrrole nitrogens is 1. The molecule has 300 valence electrons. The molecule has 0 saturated carbocycles. The zero-order valence-corrected chi connectivity index (χ0v) is 30.7. The molecule has 6 amide bonds. The van der Waals surface area contributed by atoms with Gasteiger partial charge >= 0.3 is 5.97 Å². The number of guanidine groups is 1. The number of aromatic amines is 1. The van der Waals surface area contributed by atoms with Crippen LogP contribution in [0.25, 0.3) is 0 Å². The van der Waals surface area contributed by atoms with Gasteiger partial charge in [-0.3, -0.25) is 33.8 Å². The fourth-order valence-electron chi connectivity index (χ4n) is 6.52. The Hall–Kier alpha value is -5.31. The second-order valence-corrected chi connectivity index (χ2v) is 13.8. The Kier molecular flexibility index (Phi) is 16.6. The summed E-state index contributed by atoms with van der Waals surface area (Å²) < 4.78 is 0. The molecule has 2 aliphatic rings. The number of imidazole rings is 1. The summed E-state index contributed by atoms with van der Waals surface area (Å²) in [4.78, 5) is 106. The molecule has 13 N–H and O–H groups in total. The van der Waals surface area contributed by atoms with E-state index >= 15 is 0 Å². The highest BCUT2D eigenvalue weighted by atomic mass is 16.4. The number of carbonyl (C=O) groups is 7. The summed E-state index contributed by atoms with van der Waals surface area (Å²) in [7, 11) is 0. The molecule has 2 fully saturated rings. The lowest BCUT2D eigenvalue weighted by atomic mass is 10.0. The van der Waals surface area contributed by atoms with Gasteiger partial charge in [0.2, 0.25) is 35.4 Å². The summed E-state index contributed by atoms with van der Waals surface area (Å²) in [5, 5.41) is 29.4. The zero-order valence-electron chi connectivity index (χ0n) is 30.7. The Morgan fingerprint density at radius 1 is 0.926 bits per heavy atom. The van der Waals surface area contributed by atoms with E-state index in [4.69, 9.17) is 17.2 Å². The summed E-state index contributed by atoms with van der Waals surface area (Å²) >= 11 is 0. The average molecular weight is 763 g/mol. The van der Waals surface area contributed by atoms with Gasteiger partial charge in [0.05, 0.1) is 19.5 Å². The number of hydrogen-bond donors (Lipinski definition) is 10. The maximum atomic E-state index is 14.3. The van der Waals surface area contributed by atoms with Crippen molar-refractivity contribution < 1.29 is 43.8 Å². The molecule has 2 saturated heterocycles. The molecular formula is C33H54N12O9. The lowest BCUT2D eigenvalue weighted by Gasteiger charge is -2.33. The number of nitrogens with two attached hydrogens (primary N) is 3. The van der Waals surface area contributed by atoms with Crippen LogP contribution in [0.2, 0.25) is 0 Å². The molecule has 0 radical (unpaired) electrons. The van der Waals surface area contributed by atoms with Crippen molar-refractivity contribution >= 4 is 47.4 Å². The van der Waals surface area contributed by atoms with Gasteiger partial charge in [-0.25, -0.2) is 9.78 Å². The number of hydrogen-bond acceptors (Lipinski definition) is 11. The second kappa shape index (κ2) is 20.8. The molecule has 3 heterocycles. The minimum atomic E-state index is -1.42. The maximum absolute atomic E-state index is 14.3. The number of nitrogens with one attached hydrogen (secondary N) is 5. The van der Waals surface area contributed by atoms with E-state index in [1.807, 2.05) is 13.8 Å². The molecule has 0 bridgehead atoms. The molecule has 6 atom stereocenters. The maximum Gasteiger partial charge on any atom is 0.326 e. The monoisotopic (exact) mass is 762 g/mol. The van der Waals surface area contributed by atoms with Gasteiger partial charge in [-0.2, -0.15) is 0 Å². The molecule has 3 rings (SSSR count). The van der Waals surface area contributed by atoms with Gasteiger partial charge in [0.1, 0.15) is 36.3 Å². The van der Waals surface area contributed by atoms with E-state index in [1.165, 1.54) is 22.3 Å². The number of aromatic nitrogens is 2. The van der Waals surface area contributed by atoms with Crippen LogP contribution < -0.4 is 38.5 Å². The lowest BCUT2D eigenvalue weighted by Crippen LogP contribution is -2.60. The van der Waals surface area contributed by atoms with E-state index in [1.54, 1.807) is 0 Å². The number of amides is 6. The topological polar surface area (TPSA) is 334 Å². The Balaban J connectivity index is 1.83. The first kappa shape index (κ1) is 43.1. The summed E-state index contributed by atoms with van der Waals surface area (Å²) in [5.74, 6) is -5.35. The Labute approximate surface area is 312 Å². The van der Waals surface area contributed by atoms with Crippen LogP contribution in [0.5, 0.6) is 0 Å². The smallest absolute Gasteiger partial charge is 0.326 e. The molecule has 1 aromatic rings. The molecule has 0 spiro atoms. The molecule has 21 heteroatoms. The van der Waals surface area contributed by atoms with Crippen LogP contribution in [0.15, 0.2) is 17.5 Å². The molecule has 0 aromatic carbocycles. The van der Waals surface area contributed by atoms with E-state index in [-0.39, 0.29) is 57.2 Å².